The maximum atomic E-state index is 12.5. The Hall–Kier alpha value is -2.36. The van der Waals surface area contributed by atoms with E-state index in [4.69, 9.17) is 9.47 Å². The van der Waals surface area contributed by atoms with Crippen molar-refractivity contribution >= 4 is 17.6 Å². The smallest absolute Gasteiger partial charge is 0.308 e. The van der Waals surface area contributed by atoms with E-state index in [0.29, 0.717) is 23.7 Å². The summed E-state index contributed by atoms with van der Waals surface area (Å²) in [5.41, 5.74) is 0.574. The molecule has 1 aromatic carbocycles. The number of benzene rings is 1. The predicted molar refractivity (Wildman–Crippen MR) is 115 cm³/mol. The first-order valence-electron chi connectivity index (χ1n) is 11.2. The summed E-state index contributed by atoms with van der Waals surface area (Å²) in [6.07, 6.45) is 2.57. The number of aliphatic carboxylic acids is 1. The number of nitrogens with one attached hydrogen (secondary N) is 1. The number of piperazine rings is 1. The van der Waals surface area contributed by atoms with Crippen LogP contribution in [-0.4, -0.2) is 97.4 Å². The monoisotopic (exact) mass is 432 g/mol. The van der Waals surface area contributed by atoms with Crippen molar-refractivity contribution in [2.45, 2.75) is 19.3 Å². The molecular weight excluding hydrogens is 400 g/mol. The summed E-state index contributed by atoms with van der Waals surface area (Å²) in [7, 11) is 0. The number of hydrogen-bond donors (Lipinski definition) is 2. The van der Waals surface area contributed by atoms with Gasteiger partial charge in [-0.1, -0.05) is 0 Å². The molecule has 0 aliphatic carbocycles. The minimum Gasteiger partial charge on any atom is -0.481 e. The highest BCUT2D eigenvalue weighted by Gasteiger charge is 2.27. The van der Waals surface area contributed by atoms with Crippen molar-refractivity contribution in [3.8, 4) is 11.5 Å². The summed E-state index contributed by atoms with van der Waals surface area (Å²) in [4.78, 5) is 31.4. The van der Waals surface area contributed by atoms with Crippen molar-refractivity contribution in [3.63, 3.8) is 0 Å². The molecule has 31 heavy (non-hydrogen) atoms. The maximum Gasteiger partial charge on any atom is 0.308 e. The van der Waals surface area contributed by atoms with E-state index >= 15 is 0 Å². The molecule has 2 saturated heterocycles. The van der Waals surface area contributed by atoms with Crippen molar-refractivity contribution in [1.82, 2.24) is 14.7 Å². The summed E-state index contributed by atoms with van der Waals surface area (Å²) in [5, 5.41) is 12.4. The quantitative estimate of drug-likeness (QED) is 0.600. The van der Waals surface area contributed by atoms with Crippen LogP contribution in [0.15, 0.2) is 18.2 Å². The van der Waals surface area contributed by atoms with E-state index in [2.05, 4.69) is 20.0 Å². The average Bonchev–Trinajstić information content (AvgIpc) is 3.44. The maximum absolute atomic E-state index is 12.5. The Labute approximate surface area is 182 Å². The van der Waals surface area contributed by atoms with Gasteiger partial charge in [0.1, 0.15) is 0 Å². The SMILES string of the molecule is O=C(C[C@@H](CN1CCN(CCN2CCCC2)CC1)C(=O)O)Nc1ccc2c(c1)OCO2. The summed E-state index contributed by atoms with van der Waals surface area (Å²) >= 11 is 0. The number of amides is 1. The molecule has 3 aliphatic heterocycles. The van der Waals surface area contributed by atoms with Crippen LogP contribution in [0, 0.1) is 5.92 Å². The van der Waals surface area contributed by atoms with Gasteiger partial charge < -0.3 is 24.8 Å². The van der Waals surface area contributed by atoms with E-state index in [1.165, 1.54) is 25.9 Å². The van der Waals surface area contributed by atoms with Crippen LogP contribution in [0.3, 0.4) is 0 Å². The molecule has 0 bridgehead atoms. The van der Waals surface area contributed by atoms with Gasteiger partial charge in [0.25, 0.3) is 0 Å². The number of ether oxygens (including phenoxy) is 2. The number of fused-ring (bicyclic) bond motifs is 1. The topological polar surface area (TPSA) is 94.6 Å². The Morgan fingerprint density at radius 1 is 0.935 bits per heavy atom. The fraction of sp³-hybridized carbons (Fsp3) is 0.636. The minimum atomic E-state index is -0.933. The molecule has 3 aliphatic rings. The molecule has 9 nitrogen and oxygen atoms in total. The third-order valence-electron chi connectivity index (χ3n) is 6.31. The molecule has 2 N–H and O–H groups in total. The van der Waals surface area contributed by atoms with E-state index in [1.54, 1.807) is 18.2 Å². The van der Waals surface area contributed by atoms with Crippen LogP contribution in [0.1, 0.15) is 19.3 Å². The average molecular weight is 433 g/mol. The largest absolute Gasteiger partial charge is 0.481 e. The number of carboxylic acid groups (broad SMARTS) is 1. The van der Waals surface area contributed by atoms with Gasteiger partial charge in [-0.3, -0.25) is 19.4 Å². The van der Waals surface area contributed by atoms with Gasteiger partial charge in [-0.15, -0.1) is 0 Å². The number of anilines is 1. The normalized spacial score (nSPS) is 20.6. The first-order chi connectivity index (χ1) is 15.1. The van der Waals surface area contributed by atoms with Crippen molar-refractivity contribution in [2.75, 3.05) is 71.0 Å². The molecule has 1 aromatic rings. The summed E-state index contributed by atoms with van der Waals surface area (Å²) < 4.78 is 10.6. The van der Waals surface area contributed by atoms with Crippen LogP contribution < -0.4 is 14.8 Å². The lowest BCUT2D eigenvalue weighted by molar-refractivity contribution is -0.144. The van der Waals surface area contributed by atoms with E-state index in [1.807, 2.05) is 0 Å². The number of nitrogens with zero attached hydrogens (tertiary/aromatic N) is 3. The van der Waals surface area contributed by atoms with Gasteiger partial charge in [-0.05, 0) is 38.1 Å². The highest BCUT2D eigenvalue weighted by molar-refractivity contribution is 5.93. The predicted octanol–water partition coefficient (Wildman–Crippen LogP) is 1.16. The lowest BCUT2D eigenvalue weighted by atomic mass is 10.0. The Balaban J connectivity index is 1.21. The van der Waals surface area contributed by atoms with E-state index < -0.39 is 11.9 Å². The molecule has 0 aromatic heterocycles. The Morgan fingerprint density at radius 2 is 1.58 bits per heavy atom. The van der Waals surface area contributed by atoms with Gasteiger partial charge in [-0.2, -0.15) is 0 Å². The molecule has 0 spiro atoms. The Kier molecular flexibility index (Phi) is 7.26. The third-order valence-corrected chi connectivity index (χ3v) is 6.31. The van der Waals surface area contributed by atoms with Crippen molar-refractivity contribution in [2.24, 2.45) is 5.92 Å². The number of likely N-dealkylation sites (tertiary alicyclic amines) is 1. The third kappa shape index (κ3) is 6.09. The molecule has 1 amide bonds. The molecule has 4 rings (SSSR count). The molecule has 170 valence electrons. The molecule has 2 fully saturated rings. The molecule has 0 radical (unpaired) electrons. The zero-order chi connectivity index (χ0) is 21.6. The summed E-state index contributed by atoms with van der Waals surface area (Å²) in [5.74, 6) is -0.755. The zero-order valence-corrected chi connectivity index (χ0v) is 17.9. The van der Waals surface area contributed by atoms with Gasteiger partial charge in [0, 0.05) is 64.0 Å². The number of carboxylic acids is 1. The number of hydrogen-bond acceptors (Lipinski definition) is 7. The van der Waals surface area contributed by atoms with Crippen LogP contribution in [0.25, 0.3) is 0 Å². The second-order valence-electron chi connectivity index (χ2n) is 8.55. The van der Waals surface area contributed by atoms with Crippen LogP contribution in [-0.2, 0) is 9.59 Å². The van der Waals surface area contributed by atoms with Crippen LogP contribution >= 0.6 is 0 Å². The number of carbonyl (C=O) groups excluding carboxylic acids is 1. The van der Waals surface area contributed by atoms with Gasteiger partial charge in [0.05, 0.1) is 5.92 Å². The lowest BCUT2D eigenvalue weighted by Crippen LogP contribution is -2.50. The second kappa shape index (κ2) is 10.3. The Bertz CT molecular complexity index is 775. The van der Waals surface area contributed by atoms with E-state index in [9.17, 15) is 14.7 Å². The van der Waals surface area contributed by atoms with E-state index in [-0.39, 0.29) is 19.1 Å². The number of rotatable bonds is 9. The van der Waals surface area contributed by atoms with Crippen molar-refractivity contribution in [1.29, 1.82) is 0 Å². The zero-order valence-electron chi connectivity index (χ0n) is 17.9. The molecular formula is C22H32N4O5. The Morgan fingerprint density at radius 3 is 2.29 bits per heavy atom. The highest BCUT2D eigenvalue weighted by Crippen LogP contribution is 2.34. The molecule has 0 saturated carbocycles. The number of carbonyl (C=O) groups is 2. The molecule has 1 atom stereocenters. The lowest BCUT2D eigenvalue weighted by Gasteiger charge is -2.36. The molecule has 0 unspecified atom stereocenters. The fourth-order valence-corrected chi connectivity index (χ4v) is 4.44. The summed E-state index contributed by atoms with van der Waals surface area (Å²) in [6.45, 7) is 8.77. The first kappa shape index (κ1) is 21.9. The van der Waals surface area contributed by atoms with Crippen LogP contribution in [0.4, 0.5) is 5.69 Å². The second-order valence-corrected chi connectivity index (χ2v) is 8.55. The molecule has 3 heterocycles. The summed E-state index contributed by atoms with van der Waals surface area (Å²) in [6, 6.07) is 5.15. The van der Waals surface area contributed by atoms with Gasteiger partial charge in [0.2, 0.25) is 12.7 Å². The fourth-order valence-electron chi connectivity index (χ4n) is 4.44. The van der Waals surface area contributed by atoms with E-state index in [0.717, 1.165) is 39.3 Å². The minimum absolute atomic E-state index is 0.0566. The first-order valence-corrected chi connectivity index (χ1v) is 11.2. The van der Waals surface area contributed by atoms with Gasteiger partial charge in [0.15, 0.2) is 11.5 Å². The van der Waals surface area contributed by atoms with Crippen LogP contribution in [0.5, 0.6) is 11.5 Å². The highest BCUT2D eigenvalue weighted by atomic mass is 16.7. The van der Waals surface area contributed by atoms with Crippen LogP contribution in [0.2, 0.25) is 0 Å². The van der Waals surface area contributed by atoms with Crippen molar-refractivity contribution < 1.29 is 24.2 Å². The standard InChI is InChI=1S/C22H32N4O5/c27-21(23-18-3-4-19-20(14-18)31-16-30-19)13-17(22(28)29)15-26-11-9-25(10-12-26)8-7-24-5-1-2-6-24/h3-4,14,17H,1-2,5-13,15-16H2,(H,23,27)(H,28,29)/t17-/m0/s1. The van der Waals surface area contributed by atoms with Gasteiger partial charge in [-0.25, -0.2) is 0 Å². The van der Waals surface area contributed by atoms with Crippen molar-refractivity contribution in [3.05, 3.63) is 18.2 Å². The molecule has 9 heteroatoms. The van der Waals surface area contributed by atoms with Gasteiger partial charge >= 0.3 is 5.97 Å².